The maximum absolute atomic E-state index is 12.6. The average Bonchev–Trinajstić information content (AvgIpc) is 2.71. The molecule has 1 fully saturated rings. The molecule has 2 aromatic rings. The Morgan fingerprint density at radius 2 is 2.00 bits per heavy atom. The molecular weight excluding hydrogens is 372 g/mol. The van der Waals surface area contributed by atoms with E-state index in [0.29, 0.717) is 24.5 Å². The van der Waals surface area contributed by atoms with Gasteiger partial charge in [0.05, 0.1) is 18.4 Å². The predicted molar refractivity (Wildman–Crippen MR) is 109 cm³/mol. The van der Waals surface area contributed by atoms with Crippen LogP contribution in [0.3, 0.4) is 0 Å². The van der Waals surface area contributed by atoms with Crippen LogP contribution < -0.4 is 14.8 Å². The summed E-state index contributed by atoms with van der Waals surface area (Å²) in [6, 6.07) is 8.44. The molecule has 0 unspecified atom stereocenters. The van der Waals surface area contributed by atoms with E-state index in [4.69, 9.17) is 14.2 Å². The van der Waals surface area contributed by atoms with E-state index in [1.54, 1.807) is 19.4 Å². The highest BCUT2D eigenvalue weighted by atomic mass is 16.5. The minimum atomic E-state index is -0.218. The third-order valence-electron chi connectivity index (χ3n) is 4.97. The average molecular weight is 400 g/mol. The summed E-state index contributed by atoms with van der Waals surface area (Å²) in [5, 5.41) is 12.9. The van der Waals surface area contributed by atoms with E-state index >= 15 is 0 Å². The van der Waals surface area contributed by atoms with Crippen molar-refractivity contribution in [1.29, 1.82) is 0 Å². The van der Waals surface area contributed by atoms with Crippen LogP contribution in [0.25, 0.3) is 0 Å². The van der Waals surface area contributed by atoms with Crippen molar-refractivity contribution in [1.82, 2.24) is 10.3 Å². The zero-order chi connectivity index (χ0) is 20.6. The molecule has 1 aromatic heterocycles. The molecule has 0 aliphatic heterocycles. The van der Waals surface area contributed by atoms with Crippen LogP contribution in [0.4, 0.5) is 0 Å². The van der Waals surface area contributed by atoms with Gasteiger partial charge in [-0.25, -0.2) is 0 Å². The molecule has 3 rings (SSSR count). The van der Waals surface area contributed by atoms with Crippen molar-refractivity contribution < 1.29 is 24.1 Å². The van der Waals surface area contributed by atoms with E-state index in [2.05, 4.69) is 10.3 Å². The number of aromatic nitrogens is 1. The molecule has 1 aliphatic carbocycles. The molecule has 1 amide bonds. The Kier molecular flexibility index (Phi) is 7.30. The number of carbonyl (C=O) groups excluding carboxylic acids is 1. The van der Waals surface area contributed by atoms with Gasteiger partial charge in [0.2, 0.25) is 0 Å². The lowest BCUT2D eigenvalue weighted by molar-refractivity contribution is 0.0892. The van der Waals surface area contributed by atoms with E-state index in [1.807, 2.05) is 19.1 Å². The zero-order valence-electron chi connectivity index (χ0n) is 16.9. The van der Waals surface area contributed by atoms with Crippen LogP contribution in [0.2, 0.25) is 0 Å². The lowest BCUT2D eigenvalue weighted by Gasteiger charge is -2.29. The van der Waals surface area contributed by atoms with E-state index in [1.165, 1.54) is 12.1 Å². The number of benzene rings is 1. The summed E-state index contributed by atoms with van der Waals surface area (Å²) in [7, 11) is 1.59. The normalized spacial score (nSPS) is 18.8. The smallest absolute Gasteiger partial charge is 0.251 e. The second-order valence-electron chi connectivity index (χ2n) is 7.21. The molecule has 0 spiro atoms. The van der Waals surface area contributed by atoms with Gasteiger partial charge in [-0.15, -0.1) is 0 Å². The topological polar surface area (TPSA) is 89.9 Å². The second kappa shape index (κ2) is 10.1. The fourth-order valence-corrected chi connectivity index (χ4v) is 3.41. The van der Waals surface area contributed by atoms with Crippen molar-refractivity contribution in [2.75, 3.05) is 20.3 Å². The Morgan fingerprint density at radius 3 is 2.72 bits per heavy atom. The van der Waals surface area contributed by atoms with Gasteiger partial charge in [0.25, 0.3) is 5.91 Å². The molecule has 156 valence electrons. The van der Waals surface area contributed by atoms with Crippen molar-refractivity contribution >= 4 is 5.91 Å². The van der Waals surface area contributed by atoms with E-state index in [9.17, 15) is 9.90 Å². The summed E-state index contributed by atoms with van der Waals surface area (Å²) in [6.07, 6.45) is 5.30. The number of phenolic OH excluding ortho intramolecular Hbond substituents is 1. The third-order valence-corrected chi connectivity index (χ3v) is 4.97. The minimum Gasteiger partial charge on any atom is -0.508 e. The molecule has 29 heavy (non-hydrogen) atoms. The summed E-state index contributed by atoms with van der Waals surface area (Å²) in [5.41, 5.74) is 1.26. The molecule has 0 radical (unpaired) electrons. The van der Waals surface area contributed by atoms with Gasteiger partial charge in [-0.3, -0.25) is 9.78 Å². The van der Waals surface area contributed by atoms with Crippen molar-refractivity contribution in [2.45, 2.75) is 44.8 Å². The highest BCUT2D eigenvalue weighted by Gasteiger charge is 2.24. The van der Waals surface area contributed by atoms with Crippen molar-refractivity contribution in [3.63, 3.8) is 0 Å². The van der Waals surface area contributed by atoms with Crippen LogP contribution in [0.15, 0.2) is 36.5 Å². The maximum Gasteiger partial charge on any atom is 0.251 e. The summed E-state index contributed by atoms with van der Waals surface area (Å²) >= 11 is 0. The SMILES string of the molecule is COCCOc1cc(O)cc(C(=O)NC2CCC(Oc3cccnc3C)CC2)c1. The molecule has 1 aromatic carbocycles. The number of methoxy groups -OCH3 is 1. The highest BCUT2D eigenvalue weighted by molar-refractivity contribution is 5.95. The maximum atomic E-state index is 12.6. The first-order chi connectivity index (χ1) is 14.0. The first-order valence-corrected chi connectivity index (χ1v) is 9.90. The molecule has 1 saturated carbocycles. The zero-order valence-corrected chi connectivity index (χ0v) is 16.9. The Bertz CT molecular complexity index is 819. The van der Waals surface area contributed by atoms with Gasteiger partial charge in [-0.05, 0) is 56.9 Å². The number of nitrogens with one attached hydrogen (secondary N) is 1. The summed E-state index contributed by atoms with van der Waals surface area (Å²) in [4.78, 5) is 16.9. The van der Waals surface area contributed by atoms with Gasteiger partial charge in [0.1, 0.15) is 23.9 Å². The number of hydrogen-bond acceptors (Lipinski definition) is 6. The number of phenols is 1. The van der Waals surface area contributed by atoms with Crippen molar-refractivity contribution in [2.24, 2.45) is 0 Å². The van der Waals surface area contributed by atoms with Crippen LogP contribution >= 0.6 is 0 Å². The number of pyridine rings is 1. The Morgan fingerprint density at radius 1 is 1.21 bits per heavy atom. The molecule has 1 heterocycles. The molecule has 7 heteroatoms. The summed E-state index contributed by atoms with van der Waals surface area (Å²) in [5.74, 6) is 1.04. The first kappa shape index (κ1) is 20.9. The van der Waals surface area contributed by atoms with Gasteiger partial charge in [0.15, 0.2) is 0 Å². The number of rotatable bonds is 8. The van der Waals surface area contributed by atoms with Crippen molar-refractivity contribution in [3.05, 3.63) is 47.8 Å². The fraction of sp³-hybridized carbons (Fsp3) is 0.455. The lowest BCUT2D eigenvalue weighted by Crippen LogP contribution is -2.39. The van der Waals surface area contributed by atoms with Gasteiger partial charge >= 0.3 is 0 Å². The van der Waals surface area contributed by atoms with Crippen molar-refractivity contribution in [3.8, 4) is 17.2 Å². The summed E-state index contributed by atoms with van der Waals surface area (Å²) in [6.45, 7) is 2.71. The lowest BCUT2D eigenvalue weighted by atomic mass is 9.92. The van der Waals surface area contributed by atoms with Crippen LogP contribution in [-0.2, 0) is 4.74 Å². The number of hydrogen-bond donors (Lipinski definition) is 2. The molecule has 0 atom stereocenters. The van der Waals surface area contributed by atoms with Gasteiger partial charge in [-0.1, -0.05) is 0 Å². The highest BCUT2D eigenvalue weighted by Crippen LogP contribution is 2.26. The van der Waals surface area contributed by atoms with Gasteiger partial charge in [-0.2, -0.15) is 0 Å². The largest absolute Gasteiger partial charge is 0.508 e. The monoisotopic (exact) mass is 400 g/mol. The molecule has 0 bridgehead atoms. The van der Waals surface area contributed by atoms with Crippen LogP contribution in [-0.4, -0.2) is 48.5 Å². The van der Waals surface area contributed by atoms with E-state index in [0.717, 1.165) is 37.1 Å². The Hall–Kier alpha value is -2.80. The van der Waals surface area contributed by atoms with Crippen LogP contribution in [0, 0.1) is 6.92 Å². The molecule has 7 nitrogen and oxygen atoms in total. The third kappa shape index (κ3) is 6.09. The summed E-state index contributed by atoms with van der Waals surface area (Å²) < 4.78 is 16.5. The molecule has 0 saturated heterocycles. The number of amides is 1. The molecular formula is C22H28N2O5. The van der Waals surface area contributed by atoms with Crippen LogP contribution in [0.1, 0.15) is 41.7 Å². The Balaban J connectivity index is 1.51. The number of nitrogens with zero attached hydrogens (tertiary/aromatic N) is 1. The number of aryl methyl sites for hydroxylation is 1. The fourth-order valence-electron chi connectivity index (χ4n) is 3.41. The first-order valence-electron chi connectivity index (χ1n) is 9.90. The Labute approximate surface area is 171 Å². The van der Waals surface area contributed by atoms with Gasteiger partial charge in [0, 0.05) is 31.0 Å². The number of ether oxygens (including phenoxy) is 3. The minimum absolute atomic E-state index is 0.00554. The predicted octanol–water partition coefficient (Wildman–Crippen LogP) is 3.24. The van der Waals surface area contributed by atoms with E-state index < -0.39 is 0 Å². The molecule has 2 N–H and O–H groups in total. The standard InChI is InChI=1S/C22H28N2O5/c1-15-21(4-3-9-23-15)29-19-7-5-17(6-8-19)24-22(26)16-12-18(25)14-20(13-16)28-11-10-27-2/h3-4,9,12-14,17,19,25H,5-8,10-11H2,1-2H3,(H,24,26). The second-order valence-corrected chi connectivity index (χ2v) is 7.21. The number of aromatic hydroxyl groups is 1. The quantitative estimate of drug-likeness (QED) is 0.661. The van der Waals surface area contributed by atoms with Gasteiger partial charge < -0.3 is 24.6 Å². The van der Waals surface area contributed by atoms with Crippen LogP contribution in [0.5, 0.6) is 17.2 Å². The van der Waals surface area contributed by atoms with E-state index in [-0.39, 0.29) is 23.8 Å². The molecule has 1 aliphatic rings. The number of carbonyl (C=O) groups is 1.